The van der Waals surface area contributed by atoms with Gasteiger partial charge < -0.3 is 20.3 Å². The Kier molecular flexibility index (Phi) is 5.64. The largest absolute Gasteiger partial charge is 0.444 e. The van der Waals surface area contributed by atoms with Crippen molar-refractivity contribution in [3.63, 3.8) is 0 Å². The summed E-state index contributed by atoms with van der Waals surface area (Å²) in [5.74, 6) is -0.919. The van der Waals surface area contributed by atoms with E-state index in [0.29, 0.717) is 32.6 Å². The number of hydrogen-bond acceptors (Lipinski definition) is 4. The highest BCUT2D eigenvalue weighted by Crippen LogP contribution is 2.25. The molecule has 0 bridgehead atoms. The van der Waals surface area contributed by atoms with E-state index in [1.807, 2.05) is 20.8 Å². The van der Waals surface area contributed by atoms with Crippen LogP contribution in [-0.2, 0) is 11.2 Å². The zero-order valence-corrected chi connectivity index (χ0v) is 14.4. The van der Waals surface area contributed by atoms with Crippen molar-refractivity contribution in [3.8, 4) is 0 Å². The number of anilines is 1. The van der Waals surface area contributed by atoms with Crippen LogP contribution in [0, 0.1) is 11.6 Å². The van der Waals surface area contributed by atoms with Gasteiger partial charge in [-0.1, -0.05) is 0 Å². The SMILES string of the molecule is CC(C)(C)OC(=O)N1CCN(c2cc(F)c(CCN)cc2F)CC1. The van der Waals surface area contributed by atoms with Gasteiger partial charge in [-0.05, 0) is 45.4 Å². The van der Waals surface area contributed by atoms with E-state index in [9.17, 15) is 13.6 Å². The summed E-state index contributed by atoms with van der Waals surface area (Å²) >= 11 is 0. The van der Waals surface area contributed by atoms with Crippen molar-refractivity contribution in [2.24, 2.45) is 5.73 Å². The first-order valence-electron chi connectivity index (χ1n) is 8.12. The van der Waals surface area contributed by atoms with E-state index < -0.39 is 17.2 Å². The lowest BCUT2D eigenvalue weighted by Gasteiger charge is -2.36. The number of halogens is 2. The van der Waals surface area contributed by atoms with E-state index >= 15 is 0 Å². The molecule has 1 aromatic rings. The van der Waals surface area contributed by atoms with Gasteiger partial charge in [0.2, 0.25) is 0 Å². The third-order valence-corrected chi connectivity index (χ3v) is 3.80. The first kappa shape index (κ1) is 18.4. The minimum atomic E-state index is -0.553. The smallest absolute Gasteiger partial charge is 0.410 e. The predicted octanol–water partition coefficient (Wildman–Crippen LogP) is 2.52. The maximum Gasteiger partial charge on any atom is 0.410 e. The van der Waals surface area contributed by atoms with Crippen molar-refractivity contribution >= 4 is 11.8 Å². The lowest BCUT2D eigenvalue weighted by atomic mass is 10.1. The molecule has 24 heavy (non-hydrogen) atoms. The number of rotatable bonds is 3. The molecule has 0 saturated carbocycles. The van der Waals surface area contributed by atoms with Crippen LogP contribution in [0.3, 0.4) is 0 Å². The summed E-state index contributed by atoms with van der Waals surface area (Å²) in [6.07, 6.45) is -0.0813. The fourth-order valence-corrected chi connectivity index (χ4v) is 2.62. The van der Waals surface area contributed by atoms with Gasteiger partial charge in [0.05, 0.1) is 5.69 Å². The quantitative estimate of drug-likeness (QED) is 0.918. The molecule has 1 aliphatic rings. The van der Waals surface area contributed by atoms with Crippen LogP contribution in [0.5, 0.6) is 0 Å². The lowest BCUT2D eigenvalue weighted by molar-refractivity contribution is 0.0240. The maximum atomic E-state index is 14.3. The number of ether oxygens (including phenoxy) is 1. The van der Waals surface area contributed by atoms with Crippen molar-refractivity contribution in [1.29, 1.82) is 0 Å². The topological polar surface area (TPSA) is 58.8 Å². The number of nitrogens with zero attached hydrogens (tertiary/aromatic N) is 2. The first-order chi connectivity index (χ1) is 11.2. The van der Waals surface area contributed by atoms with Crippen molar-refractivity contribution in [3.05, 3.63) is 29.3 Å². The number of piperazine rings is 1. The second kappa shape index (κ2) is 7.34. The molecule has 134 valence electrons. The molecule has 1 fully saturated rings. The predicted molar refractivity (Wildman–Crippen MR) is 89.1 cm³/mol. The molecule has 1 amide bonds. The van der Waals surface area contributed by atoms with Crippen LogP contribution in [0.4, 0.5) is 19.3 Å². The first-order valence-corrected chi connectivity index (χ1v) is 8.12. The highest BCUT2D eigenvalue weighted by molar-refractivity contribution is 5.68. The van der Waals surface area contributed by atoms with Crippen LogP contribution in [0.15, 0.2) is 12.1 Å². The standard InChI is InChI=1S/C17H25F2N3O2/c1-17(2,3)24-16(23)22-8-6-21(7-9-22)15-11-13(18)12(4-5-20)10-14(15)19/h10-11H,4-9,20H2,1-3H3. The zero-order chi connectivity index (χ0) is 17.9. The Morgan fingerprint density at radius 3 is 2.33 bits per heavy atom. The van der Waals surface area contributed by atoms with E-state index in [1.54, 1.807) is 9.80 Å². The highest BCUT2D eigenvalue weighted by atomic mass is 19.1. The van der Waals surface area contributed by atoms with Crippen LogP contribution in [0.1, 0.15) is 26.3 Å². The van der Waals surface area contributed by atoms with Crippen molar-refractivity contribution in [2.45, 2.75) is 32.8 Å². The summed E-state index contributed by atoms with van der Waals surface area (Å²) in [4.78, 5) is 15.4. The van der Waals surface area contributed by atoms with Crippen LogP contribution in [-0.4, -0.2) is 49.3 Å². The molecule has 0 unspecified atom stereocenters. The van der Waals surface area contributed by atoms with Gasteiger partial charge in [-0.2, -0.15) is 0 Å². The van der Waals surface area contributed by atoms with Gasteiger partial charge >= 0.3 is 6.09 Å². The summed E-state index contributed by atoms with van der Waals surface area (Å²) in [7, 11) is 0. The molecule has 1 aliphatic heterocycles. The Labute approximate surface area is 141 Å². The average Bonchev–Trinajstić information content (AvgIpc) is 2.49. The van der Waals surface area contributed by atoms with Crippen LogP contribution < -0.4 is 10.6 Å². The Hall–Kier alpha value is -1.89. The number of benzene rings is 1. The van der Waals surface area contributed by atoms with E-state index in [2.05, 4.69) is 0 Å². The van der Waals surface area contributed by atoms with Crippen molar-refractivity contribution in [1.82, 2.24) is 4.90 Å². The van der Waals surface area contributed by atoms with Crippen LogP contribution in [0.25, 0.3) is 0 Å². The summed E-state index contributed by atoms with van der Waals surface area (Å²) < 4.78 is 33.6. The van der Waals surface area contributed by atoms with Crippen LogP contribution >= 0.6 is 0 Å². The zero-order valence-electron chi connectivity index (χ0n) is 14.4. The number of carbonyl (C=O) groups excluding carboxylic acids is 1. The Morgan fingerprint density at radius 2 is 1.79 bits per heavy atom. The summed E-state index contributed by atoms with van der Waals surface area (Å²) in [6.45, 7) is 7.34. The number of hydrogen-bond donors (Lipinski definition) is 1. The summed E-state index contributed by atoms with van der Waals surface area (Å²) in [5.41, 5.74) is 5.35. The fourth-order valence-electron chi connectivity index (χ4n) is 2.62. The number of carbonyl (C=O) groups is 1. The minimum Gasteiger partial charge on any atom is -0.444 e. The van der Waals surface area contributed by atoms with E-state index in [0.717, 1.165) is 0 Å². The monoisotopic (exact) mass is 341 g/mol. The van der Waals surface area contributed by atoms with Crippen molar-refractivity contribution in [2.75, 3.05) is 37.6 Å². The molecule has 1 aromatic carbocycles. The second-order valence-electron chi connectivity index (χ2n) is 6.89. The van der Waals surface area contributed by atoms with Gasteiger partial charge in [0.15, 0.2) is 0 Å². The van der Waals surface area contributed by atoms with Gasteiger partial charge in [0.1, 0.15) is 17.2 Å². The van der Waals surface area contributed by atoms with E-state index in [1.165, 1.54) is 12.1 Å². The summed E-state index contributed by atoms with van der Waals surface area (Å²) in [6, 6.07) is 2.42. The molecule has 0 spiro atoms. The molecule has 2 N–H and O–H groups in total. The molecule has 1 saturated heterocycles. The molecule has 0 radical (unpaired) electrons. The lowest BCUT2D eigenvalue weighted by Crippen LogP contribution is -2.50. The van der Waals surface area contributed by atoms with Gasteiger partial charge in [0, 0.05) is 32.2 Å². The van der Waals surface area contributed by atoms with Gasteiger partial charge in [-0.25, -0.2) is 13.6 Å². The highest BCUT2D eigenvalue weighted by Gasteiger charge is 2.27. The molecular weight excluding hydrogens is 316 g/mol. The van der Waals surface area contributed by atoms with Crippen molar-refractivity contribution < 1.29 is 18.3 Å². The molecule has 0 aromatic heterocycles. The van der Waals surface area contributed by atoms with Gasteiger partial charge in [-0.3, -0.25) is 0 Å². The fraction of sp³-hybridized carbons (Fsp3) is 0.588. The summed E-state index contributed by atoms with van der Waals surface area (Å²) in [5, 5.41) is 0. The van der Waals surface area contributed by atoms with Gasteiger partial charge in [-0.15, -0.1) is 0 Å². The average molecular weight is 341 g/mol. The maximum absolute atomic E-state index is 14.3. The molecule has 0 atom stereocenters. The van der Waals surface area contributed by atoms with Gasteiger partial charge in [0.25, 0.3) is 0 Å². The molecule has 0 aliphatic carbocycles. The van der Waals surface area contributed by atoms with E-state index in [4.69, 9.17) is 10.5 Å². The number of nitrogens with two attached hydrogens (primary N) is 1. The van der Waals surface area contributed by atoms with Crippen LogP contribution in [0.2, 0.25) is 0 Å². The Bertz CT molecular complexity index is 594. The Balaban J connectivity index is 2.02. The normalized spacial score (nSPS) is 15.6. The Morgan fingerprint density at radius 1 is 1.17 bits per heavy atom. The third kappa shape index (κ3) is 4.56. The third-order valence-electron chi connectivity index (χ3n) is 3.80. The molecule has 1 heterocycles. The molecule has 5 nitrogen and oxygen atoms in total. The molecule has 2 rings (SSSR count). The number of amides is 1. The van der Waals surface area contributed by atoms with E-state index in [-0.39, 0.29) is 23.9 Å². The second-order valence-corrected chi connectivity index (χ2v) is 6.89. The molecular formula is C17H25F2N3O2. The molecule has 7 heteroatoms. The minimum absolute atomic E-state index is 0.220.